The van der Waals surface area contributed by atoms with Gasteiger partial charge in [0.25, 0.3) is 0 Å². The monoisotopic (exact) mass is 180 g/mol. The molecule has 0 saturated carbocycles. The van der Waals surface area contributed by atoms with Crippen LogP contribution in [0.25, 0.3) is 0 Å². The van der Waals surface area contributed by atoms with Crippen molar-refractivity contribution in [2.75, 3.05) is 14.2 Å². The van der Waals surface area contributed by atoms with Gasteiger partial charge in [-0.3, -0.25) is 15.7 Å². The highest BCUT2D eigenvalue weighted by Gasteiger charge is 1.99. The van der Waals surface area contributed by atoms with E-state index in [1.165, 1.54) is 0 Å². The van der Waals surface area contributed by atoms with Crippen LogP contribution in [-0.4, -0.2) is 25.2 Å². The molecular formula is C9H12N2O2. The zero-order valence-corrected chi connectivity index (χ0v) is 7.61. The van der Waals surface area contributed by atoms with Crippen LogP contribution in [0, 0.1) is 0 Å². The zero-order chi connectivity index (χ0) is 9.68. The summed E-state index contributed by atoms with van der Waals surface area (Å²) in [5.41, 5.74) is 2.83. The molecule has 13 heavy (non-hydrogen) atoms. The summed E-state index contributed by atoms with van der Waals surface area (Å²) >= 11 is 0. The highest BCUT2D eigenvalue weighted by atomic mass is 16.5. The molecule has 0 aromatic heterocycles. The van der Waals surface area contributed by atoms with Gasteiger partial charge in [-0.05, 0) is 24.3 Å². The van der Waals surface area contributed by atoms with Gasteiger partial charge in [-0.1, -0.05) is 0 Å². The predicted molar refractivity (Wildman–Crippen MR) is 50.4 cm³/mol. The smallest absolute Gasteiger partial charge is 0.151 e. The van der Waals surface area contributed by atoms with Crippen molar-refractivity contribution in [3.05, 3.63) is 29.8 Å². The number of rotatable bonds is 2. The van der Waals surface area contributed by atoms with Crippen molar-refractivity contribution < 1.29 is 9.94 Å². The third-order valence-corrected chi connectivity index (χ3v) is 1.69. The summed E-state index contributed by atoms with van der Waals surface area (Å²) in [5, 5.41) is 8.69. The number of aliphatic imine (C=N–C) groups is 1. The van der Waals surface area contributed by atoms with E-state index in [1.807, 2.05) is 17.6 Å². The van der Waals surface area contributed by atoms with Crippen molar-refractivity contribution in [2.45, 2.75) is 0 Å². The molecule has 0 unspecified atom stereocenters. The van der Waals surface area contributed by atoms with E-state index in [4.69, 9.17) is 9.94 Å². The highest BCUT2D eigenvalue weighted by molar-refractivity contribution is 5.97. The molecule has 0 bridgehead atoms. The van der Waals surface area contributed by atoms with Crippen molar-refractivity contribution in [3.63, 3.8) is 0 Å². The van der Waals surface area contributed by atoms with E-state index in [0.29, 0.717) is 5.84 Å². The van der Waals surface area contributed by atoms with Crippen LogP contribution < -0.4 is 10.2 Å². The van der Waals surface area contributed by atoms with Crippen molar-refractivity contribution in [1.82, 2.24) is 5.48 Å². The van der Waals surface area contributed by atoms with Crippen LogP contribution in [0.1, 0.15) is 5.56 Å². The first-order chi connectivity index (χ1) is 6.31. The van der Waals surface area contributed by atoms with Gasteiger partial charge in [0.2, 0.25) is 0 Å². The Balaban J connectivity index is 2.91. The lowest BCUT2D eigenvalue weighted by Gasteiger charge is -2.04. The Bertz CT molecular complexity index is 293. The van der Waals surface area contributed by atoms with Gasteiger partial charge < -0.3 is 4.74 Å². The Labute approximate surface area is 76.8 Å². The summed E-state index contributed by atoms with van der Waals surface area (Å²) in [6.45, 7) is 0. The van der Waals surface area contributed by atoms with Gasteiger partial charge in [0, 0.05) is 12.6 Å². The number of hydrogen-bond acceptors (Lipinski definition) is 3. The van der Waals surface area contributed by atoms with Crippen molar-refractivity contribution >= 4 is 5.84 Å². The second-order valence-electron chi connectivity index (χ2n) is 2.41. The van der Waals surface area contributed by atoms with Crippen molar-refractivity contribution in [2.24, 2.45) is 4.99 Å². The van der Waals surface area contributed by atoms with E-state index in [0.717, 1.165) is 11.3 Å². The number of hydroxylamine groups is 1. The minimum absolute atomic E-state index is 0.433. The lowest BCUT2D eigenvalue weighted by atomic mass is 10.2. The van der Waals surface area contributed by atoms with Gasteiger partial charge in [-0.2, -0.15) is 0 Å². The SMILES string of the molecule is CN=C(NO)c1ccc(OC)cc1. The van der Waals surface area contributed by atoms with Crippen LogP contribution in [0.2, 0.25) is 0 Å². The largest absolute Gasteiger partial charge is 0.497 e. The Morgan fingerprint density at radius 2 is 2.00 bits per heavy atom. The normalized spacial score (nSPS) is 11.2. The average Bonchev–Trinajstić information content (AvgIpc) is 2.21. The molecule has 0 atom stereocenters. The lowest BCUT2D eigenvalue weighted by Crippen LogP contribution is -2.19. The second-order valence-corrected chi connectivity index (χ2v) is 2.41. The van der Waals surface area contributed by atoms with E-state index in [2.05, 4.69) is 4.99 Å². The Hall–Kier alpha value is -1.55. The van der Waals surface area contributed by atoms with E-state index in [9.17, 15) is 0 Å². The molecule has 0 aliphatic rings. The molecule has 70 valence electrons. The molecule has 0 saturated heterocycles. The number of nitrogens with one attached hydrogen (secondary N) is 1. The molecular weight excluding hydrogens is 168 g/mol. The van der Waals surface area contributed by atoms with Crippen LogP contribution >= 0.6 is 0 Å². The molecule has 0 aliphatic heterocycles. The predicted octanol–water partition coefficient (Wildman–Crippen LogP) is 1.05. The third kappa shape index (κ3) is 2.19. The molecule has 0 radical (unpaired) electrons. The molecule has 0 heterocycles. The molecule has 4 heteroatoms. The number of hydrogen-bond donors (Lipinski definition) is 2. The van der Waals surface area contributed by atoms with Crippen LogP contribution in [0.4, 0.5) is 0 Å². The van der Waals surface area contributed by atoms with Crippen LogP contribution in [0.3, 0.4) is 0 Å². The summed E-state index contributed by atoms with van der Waals surface area (Å²) in [7, 11) is 3.21. The third-order valence-electron chi connectivity index (χ3n) is 1.69. The number of amidine groups is 1. The molecule has 0 aliphatic carbocycles. The first kappa shape index (κ1) is 9.54. The molecule has 1 aromatic rings. The van der Waals surface area contributed by atoms with E-state index >= 15 is 0 Å². The first-order valence-electron chi connectivity index (χ1n) is 3.83. The molecule has 1 aromatic carbocycles. The summed E-state index contributed by atoms with van der Waals surface area (Å²) in [5.74, 6) is 1.21. The van der Waals surface area contributed by atoms with Crippen LogP contribution in [0.5, 0.6) is 5.75 Å². The van der Waals surface area contributed by atoms with Crippen molar-refractivity contribution in [3.8, 4) is 5.75 Å². The molecule has 0 spiro atoms. The fraction of sp³-hybridized carbons (Fsp3) is 0.222. The van der Waals surface area contributed by atoms with Gasteiger partial charge in [0.15, 0.2) is 5.84 Å². The summed E-state index contributed by atoms with van der Waals surface area (Å²) < 4.78 is 4.99. The Kier molecular flexibility index (Phi) is 3.28. The summed E-state index contributed by atoms with van der Waals surface area (Å²) in [4.78, 5) is 3.85. The maximum atomic E-state index is 8.69. The maximum absolute atomic E-state index is 8.69. The molecule has 1 rings (SSSR count). The van der Waals surface area contributed by atoms with Gasteiger partial charge in [0.05, 0.1) is 7.11 Å². The van der Waals surface area contributed by atoms with E-state index in [-0.39, 0.29) is 0 Å². The Morgan fingerprint density at radius 1 is 1.38 bits per heavy atom. The average molecular weight is 180 g/mol. The van der Waals surface area contributed by atoms with Gasteiger partial charge in [-0.25, -0.2) is 0 Å². The molecule has 4 nitrogen and oxygen atoms in total. The van der Waals surface area contributed by atoms with Crippen LogP contribution in [0.15, 0.2) is 29.3 Å². The van der Waals surface area contributed by atoms with E-state index in [1.54, 1.807) is 26.3 Å². The van der Waals surface area contributed by atoms with Gasteiger partial charge >= 0.3 is 0 Å². The molecule has 0 fully saturated rings. The molecule has 0 amide bonds. The van der Waals surface area contributed by atoms with Crippen molar-refractivity contribution in [1.29, 1.82) is 0 Å². The minimum atomic E-state index is 0.433. The fourth-order valence-corrected chi connectivity index (χ4v) is 0.993. The number of ether oxygens (including phenoxy) is 1. The number of methoxy groups -OCH3 is 1. The summed E-state index contributed by atoms with van der Waals surface area (Å²) in [6.07, 6.45) is 0. The fourth-order valence-electron chi connectivity index (χ4n) is 0.993. The molecule has 2 N–H and O–H groups in total. The van der Waals surface area contributed by atoms with Gasteiger partial charge in [0.1, 0.15) is 5.75 Å². The maximum Gasteiger partial charge on any atom is 0.151 e. The second kappa shape index (κ2) is 4.47. The van der Waals surface area contributed by atoms with Crippen LogP contribution in [-0.2, 0) is 0 Å². The lowest BCUT2D eigenvalue weighted by molar-refractivity contribution is 0.235. The standard InChI is InChI=1S/C9H12N2O2/c1-10-9(11-12)7-3-5-8(13-2)6-4-7/h3-6,12H,1-2H3,(H,10,11). The van der Waals surface area contributed by atoms with Gasteiger partial charge in [-0.15, -0.1) is 0 Å². The summed E-state index contributed by atoms with van der Waals surface area (Å²) in [6, 6.07) is 7.23. The van der Waals surface area contributed by atoms with E-state index < -0.39 is 0 Å². The Morgan fingerprint density at radius 3 is 2.38 bits per heavy atom. The highest BCUT2D eigenvalue weighted by Crippen LogP contribution is 2.11. The zero-order valence-electron chi connectivity index (χ0n) is 7.61. The number of benzene rings is 1. The first-order valence-corrected chi connectivity index (χ1v) is 3.83. The topological polar surface area (TPSA) is 53.9 Å². The number of nitrogens with zero attached hydrogens (tertiary/aromatic N) is 1. The minimum Gasteiger partial charge on any atom is -0.497 e. The quantitative estimate of drug-likeness (QED) is 0.406.